The molecule has 1 aromatic rings. The minimum Gasteiger partial charge on any atom is -0.508 e. The molecule has 0 spiro atoms. The van der Waals surface area contributed by atoms with Crippen LogP contribution in [0.25, 0.3) is 0 Å². The first-order chi connectivity index (χ1) is 7.83. The second-order valence-electron chi connectivity index (χ2n) is 4.54. The molecule has 2 heteroatoms. The van der Waals surface area contributed by atoms with Crippen LogP contribution in [-0.2, 0) is 6.42 Å². The number of aryl methyl sites for hydroxylation is 1. The summed E-state index contributed by atoms with van der Waals surface area (Å²) in [5.74, 6) is 0.364. The van der Waals surface area contributed by atoms with Crippen molar-refractivity contribution in [1.82, 2.24) is 6.15 Å². The van der Waals surface area contributed by atoms with Crippen molar-refractivity contribution >= 4 is 0 Å². The molecule has 0 fully saturated rings. The molecular weight excluding hydrogens is 210 g/mol. The van der Waals surface area contributed by atoms with Crippen molar-refractivity contribution < 1.29 is 5.11 Å². The Morgan fingerprint density at radius 1 is 0.824 bits per heavy atom. The van der Waals surface area contributed by atoms with Crippen LogP contribution < -0.4 is 6.15 Å². The van der Waals surface area contributed by atoms with Crippen molar-refractivity contribution in [2.75, 3.05) is 0 Å². The Balaban J connectivity index is 0.00000256. The van der Waals surface area contributed by atoms with Crippen molar-refractivity contribution in [3.8, 4) is 5.75 Å². The Bertz CT molecular complexity index is 269. The Morgan fingerprint density at radius 3 is 1.94 bits per heavy atom. The zero-order valence-electron chi connectivity index (χ0n) is 11.1. The number of hydrogen-bond acceptors (Lipinski definition) is 2. The van der Waals surface area contributed by atoms with Gasteiger partial charge in [-0.3, -0.25) is 0 Å². The van der Waals surface area contributed by atoms with Crippen molar-refractivity contribution in [3.63, 3.8) is 0 Å². The lowest BCUT2D eigenvalue weighted by atomic mass is 10.0. The van der Waals surface area contributed by atoms with Crippen LogP contribution in [-0.4, -0.2) is 5.11 Å². The fourth-order valence-electron chi connectivity index (χ4n) is 1.95. The number of phenolic OH excluding ortho intramolecular Hbond substituents is 1. The molecule has 0 bridgehead atoms. The van der Waals surface area contributed by atoms with Gasteiger partial charge in [-0.1, -0.05) is 57.6 Å². The number of unbranched alkanes of at least 4 members (excludes halogenated alkanes) is 6. The number of rotatable bonds is 8. The van der Waals surface area contributed by atoms with Crippen LogP contribution in [0.15, 0.2) is 24.3 Å². The highest BCUT2D eigenvalue weighted by molar-refractivity contribution is 5.25. The number of aromatic hydroxyl groups is 1. The van der Waals surface area contributed by atoms with Gasteiger partial charge in [0.2, 0.25) is 0 Å². The lowest BCUT2D eigenvalue weighted by Gasteiger charge is -2.02. The second kappa shape index (κ2) is 10.2. The molecule has 0 aliphatic carbocycles. The van der Waals surface area contributed by atoms with Crippen LogP contribution >= 0.6 is 0 Å². The van der Waals surface area contributed by atoms with Gasteiger partial charge < -0.3 is 11.3 Å². The third-order valence-corrected chi connectivity index (χ3v) is 3.01. The molecule has 0 aromatic heterocycles. The largest absolute Gasteiger partial charge is 0.508 e. The summed E-state index contributed by atoms with van der Waals surface area (Å²) in [7, 11) is 0. The van der Waals surface area contributed by atoms with Gasteiger partial charge in [-0.15, -0.1) is 0 Å². The van der Waals surface area contributed by atoms with Gasteiger partial charge in [0.1, 0.15) is 5.75 Å². The summed E-state index contributed by atoms with van der Waals surface area (Å²) in [5.41, 5.74) is 1.34. The molecule has 4 N–H and O–H groups in total. The summed E-state index contributed by atoms with van der Waals surface area (Å²) in [5, 5.41) is 9.15. The zero-order chi connectivity index (χ0) is 11.6. The van der Waals surface area contributed by atoms with E-state index in [4.69, 9.17) is 5.11 Å². The third-order valence-electron chi connectivity index (χ3n) is 3.01. The molecule has 0 aliphatic rings. The predicted molar refractivity (Wildman–Crippen MR) is 74.8 cm³/mol. The van der Waals surface area contributed by atoms with E-state index in [0.29, 0.717) is 5.75 Å². The van der Waals surface area contributed by atoms with E-state index >= 15 is 0 Å². The molecule has 0 unspecified atom stereocenters. The van der Waals surface area contributed by atoms with Gasteiger partial charge in [0.15, 0.2) is 0 Å². The average molecular weight is 237 g/mol. The summed E-state index contributed by atoms with van der Waals surface area (Å²) in [6.07, 6.45) is 10.6. The van der Waals surface area contributed by atoms with E-state index in [0.717, 1.165) is 6.42 Å². The van der Waals surface area contributed by atoms with Gasteiger partial charge in [0.05, 0.1) is 0 Å². The quantitative estimate of drug-likeness (QED) is 0.635. The molecule has 1 aromatic carbocycles. The first-order valence-corrected chi connectivity index (χ1v) is 6.61. The predicted octanol–water partition coefficient (Wildman–Crippen LogP) is 4.85. The smallest absolute Gasteiger partial charge is 0.115 e. The van der Waals surface area contributed by atoms with Gasteiger partial charge in [-0.25, -0.2) is 0 Å². The molecule has 2 nitrogen and oxygen atoms in total. The Hall–Kier alpha value is -1.02. The van der Waals surface area contributed by atoms with E-state index in [1.165, 1.54) is 50.5 Å². The average Bonchev–Trinajstić information content (AvgIpc) is 2.30. The minimum absolute atomic E-state index is 0. The van der Waals surface area contributed by atoms with Crippen molar-refractivity contribution in [2.45, 2.75) is 58.3 Å². The Labute approximate surface area is 106 Å². The first kappa shape index (κ1) is 16.0. The molecule has 1 rings (SSSR count). The van der Waals surface area contributed by atoms with Crippen LogP contribution in [0.1, 0.15) is 57.4 Å². The highest BCUT2D eigenvalue weighted by Gasteiger charge is 1.94. The Kier molecular flexibility index (Phi) is 9.55. The lowest BCUT2D eigenvalue weighted by Crippen LogP contribution is -1.85. The second-order valence-corrected chi connectivity index (χ2v) is 4.54. The van der Waals surface area contributed by atoms with E-state index < -0.39 is 0 Å². The topological polar surface area (TPSA) is 55.2 Å². The number of phenols is 1. The summed E-state index contributed by atoms with van der Waals surface area (Å²) in [6.45, 7) is 2.25. The van der Waals surface area contributed by atoms with E-state index in [-0.39, 0.29) is 6.15 Å². The summed E-state index contributed by atoms with van der Waals surface area (Å²) in [6, 6.07) is 7.59. The maximum absolute atomic E-state index is 9.15. The molecule has 0 radical (unpaired) electrons. The molecule has 0 saturated heterocycles. The highest BCUT2D eigenvalue weighted by atomic mass is 16.3. The summed E-state index contributed by atoms with van der Waals surface area (Å²) >= 11 is 0. The zero-order valence-corrected chi connectivity index (χ0v) is 11.1. The Morgan fingerprint density at radius 2 is 1.35 bits per heavy atom. The molecule has 0 saturated carbocycles. The van der Waals surface area contributed by atoms with E-state index in [9.17, 15) is 0 Å². The molecule has 98 valence electrons. The number of hydrogen-bond donors (Lipinski definition) is 2. The maximum atomic E-state index is 9.15. The van der Waals surface area contributed by atoms with E-state index in [1.54, 1.807) is 12.1 Å². The SMILES string of the molecule is CCCCCCCCCc1ccc(O)cc1.N. The fraction of sp³-hybridized carbons (Fsp3) is 0.600. The fourth-order valence-corrected chi connectivity index (χ4v) is 1.95. The van der Waals surface area contributed by atoms with Crippen molar-refractivity contribution in [2.24, 2.45) is 0 Å². The van der Waals surface area contributed by atoms with Crippen LogP contribution in [0, 0.1) is 0 Å². The van der Waals surface area contributed by atoms with Gasteiger partial charge in [0.25, 0.3) is 0 Å². The molecule has 0 aliphatic heterocycles. The van der Waals surface area contributed by atoms with Crippen molar-refractivity contribution in [1.29, 1.82) is 0 Å². The maximum Gasteiger partial charge on any atom is 0.115 e. The normalized spacial score (nSPS) is 9.94. The molecular formula is C15H27NO. The van der Waals surface area contributed by atoms with Gasteiger partial charge in [-0.2, -0.15) is 0 Å². The lowest BCUT2D eigenvalue weighted by molar-refractivity contribution is 0.475. The molecule has 0 amide bonds. The van der Waals surface area contributed by atoms with Gasteiger partial charge in [-0.05, 0) is 30.5 Å². The van der Waals surface area contributed by atoms with Crippen LogP contribution in [0.4, 0.5) is 0 Å². The minimum atomic E-state index is 0. The number of benzene rings is 1. The van der Waals surface area contributed by atoms with E-state index in [1.807, 2.05) is 12.1 Å². The molecule has 17 heavy (non-hydrogen) atoms. The van der Waals surface area contributed by atoms with Gasteiger partial charge >= 0.3 is 0 Å². The standard InChI is InChI=1S/C15H24O.H3N/c1-2-3-4-5-6-7-8-9-14-10-12-15(16)13-11-14;/h10-13,16H,2-9H2,1H3;1H3. The summed E-state index contributed by atoms with van der Waals surface area (Å²) in [4.78, 5) is 0. The summed E-state index contributed by atoms with van der Waals surface area (Å²) < 4.78 is 0. The van der Waals surface area contributed by atoms with Crippen LogP contribution in [0.3, 0.4) is 0 Å². The third kappa shape index (κ3) is 7.81. The van der Waals surface area contributed by atoms with Crippen molar-refractivity contribution in [3.05, 3.63) is 29.8 Å². The highest BCUT2D eigenvalue weighted by Crippen LogP contribution is 2.13. The molecule has 0 heterocycles. The van der Waals surface area contributed by atoms with Crippen LogP contribution in [0.2, 0.25) is 0 Å². The molecule has 0 atom stereocenters. The van der Waals surface area contributed by atoms with Crippen LogP contribution in [0.5, 0.6) is 5.75 Å². The first-order valence-electron chi connectivity index (χ1n) is 6.61. The monoisotopic (exact) mass is 237 g/mol. The van der Waals surface area contributed by atoms with Gasteiger partial charge in [0, 0.05) is 0 Å². The van der Waals surface area contributed by atoms with E-state index in [2.05, 4.69) is 6.92 Å².